The maximum absolute atomic E-state index is 11.5. The van der Waals surface area contributed by atoms with E-state index in [0.717, 1.165) is 24.9 Å². The first-order chi connectivity index (χ1) is 7.26. The average Bonchev–Trinajstić information content (AvgIpc) is 2.78. The van der Waals surface area contributed by atoms with Crippen LogP contribution in [0.5, 0.6) is 0 Å². The van der Waals surface area contributed by atoms with Gasteiger partial charge < -0.3 is 10.5 Å². The molecule has 1 saturated carbocycles. The Kier molecular flexibility index (Phi) is 3.26. The van der Waals surface area contributed by atoms with Crippen LogP contribution in [0.15, 0.2) is 0 Å². The molecular formula is C11H20N2O2. The number of carbonyl (C=O) groups is 1. The van der Waals surface area contributed by atoms with E-state index in [0.29, 0.717) is 6.54 Å². The molecule has 3 unspecified atom stereocenters. The second kappa shape index (κ2) is 4.49. The lowest BCUT2D eigenvalue weighted by molar-refractivity contribution is -0.146. The van der Waals surface area contributed by atoms with Gasteiger partial charge in [0.15, 0.2) is 0 Å². The topological polar surface area (TPSA) is 55.6 Å². The Bertz CT molecular complexity index is 233. The summed E-state index contributed by atoms with van der Waals surface area (Å²) in [7, 11) is 1.43. The molecule has 0 bridgehead atoms. The molecule has 3 atom stereocenters. The second-order valence-corrected chi connectivity index (χ2v) is 4.68. The quantitative estimate of drug-likeness (QED) is 0.680. The Labute approximate surface area is 90.8 Å². The minimum absolute atomic E-state index is 0.183. The summed E-state index contributed by atoms with van der Waals surface area (Å²) in [6.45, 7) is 2.43. The monoisotopic (exact) mass is 212 g/mol. The lowest BCUT2D eigenvalue weighted by atomic mass is 10.0. The van der Waals surface area contributed by atoms with Crippen molar-refractivity contribution in [2.75, 3.05) is 26.7 Å². The molecule has 1 heterocycles. The fourth-order valence-corrected chi connectivity index (χ4v) is 3.06. The first-order valence-electron chi connectivity index (χ1n) is 5.78. The van der Waals surface area contributed by atoms with E-state index in [4.69, 9.17) is 10.5 Å². The molecule has 0 spiro atoms. The number of nitrogens with zero attached hydrogens (tertiary/aromatic N) is 1. The maximum Gasteiger partial charge on any atom is 0.324 e. The molecule has 2 fully saturated rings. The van der Waals surface area contributed by atoms with Gasteiger partial charge in [-0.15, -0.1) is 0 Å². The number of fused-ring (bicyclic) bond motifs is 1. The summed E-state index contributed by atoms with van der Waals surface area (Å²) in [6.07, 6.45) is 3.99. The zero-order chi connectivity index (χ0) is 10.8. The van der Waals surface area contributed by atoms with Crippen molar-refractivity contribution in [2.24, 2.45) is 17.6 Å². The van der Waals surface area contributed by atoms with Crippen LogP contribution in [0.3, 0.4) is 0 Å². The molecule has 1 aliphatic heterocycles. The van der Waals surface area contributed by atoms with Gasteiger partial charge in [0, 0.05) is 19.6 Å². The molecule has 0 aromatic carbocycles. The zero-order valence-corrected chi connectivity index (χ0v) is 9.32. The number of nitrogens with two attached hydrogens (primary N) is 1. The normalized spacial score (nSPS) is 32.7. The van der Waals surface area contributed by atoms with Crippen molar-refractivity contribution in [3.8, 4) is 0 Å². The minimum atomic E-state index is -0.222. The predicted octanol–water partition coefficient (Wildman–Crippen LogP) is 0.219. The summed E-state index contributed by atoms with van der Waals surface area (Å²) in [5, 5.41) is 0. The maximum atomic E-state index is 11.5. The summed E-state index contributed by atoms with van der Waals surface area (Å²) in [5.41, 5.74) is 5.64. The highest BCUT2D eigenvalue weighted by atomic mass is 16.5. The van der Waals surface area contributed by atoms with Crippen LogP contribution in [0, 0.1) is 11.8 Å². The van der Waals surface area contributed by atoms with Crippen molar-refractivity contribution in [2.45, 2.75) is 25.3 Å². The van der Waals surface area contributed by atoms with Gasteiger partial charge in [0.1, 0.15) is 6.04 Å². The van der Waals surface area contributed by atoms with Crippen LogP contribution in [0.4, 0.5) is 0 Å². The van der Waals surface area contributed by atoms with Gasteiger partial charge in [-0.05, 0) is 24.7 Å². The largest absolute Gasteiger partial charge is 0.468 e. The average molecular weight is 212 g/mol. The van der Waals surface area contributed by atoms with Crippen molar-refractivity contribution >= 4 is 5.97 Å². The summed E-state index contributed by atoms with van der Waals surface area (Å²) in [4.78, 5) is 13.7. The van der Waals surface area contributed by atoms with E-state index in [9.17, 15) is 4.79 Å². The minimum Gasteiger partial charge on any atom is -0.468 e. The van der Waals surface area contributed by atoms with Crippen LogP contribution in [0.2, 0.25) is 0 Å². The van der Waals surface area contributed by atoms with Gasteiger partial charge in [0.05, 0.1) is 7.11 Å². The zero-order valence-electron chi connectivity index (χ0n) is 9.32. The summed E-state index contributed by atoms with van der Waals surface area (Å²) in [6, 6.07) is -0.222. The van der Waals surface area contributed by atoms with Gasteiger partial charge in [0.25, 0.3) is 0 Å². The molecule has 4 nitrogen and oxygen atoms in total. The van der Waals surface area contributed by atoms with Gasteiger partial charge in [-0.3, -0.25) is 9.69 Å². The number of methoxy groups -OCH3 is 1. The standard InChI is InChI=1S/C11H20N2O2/c1-15-11(14)10(5-12)13-6-8-3-2-4-9(8)7-13/h8-10H,2-7,12H2,1H3. The summed E-state index contributed by atoms with van der Waals surface area (Å²) >= 11 is 0. The first-order valence-corrected chi connectivity index (χ1v) is 5.78. The van der Waals surface area contributed by atoms with E-state index in [1.807, 2.05) is 0 Å². The molecule has 2 N–H and O–H groups in total. The van der Waals surface area contributed by atoms with Gasteiger partial charge in [-0.25, -0.2) is 0 Å². The highest BCUT2D eigenvalue weighted by Crippen LogP contribution is 2.38. The fourth-order valence-electron chi connectivity index (χ4n) is 3.06. The molecule has 0 aromatic heterocycles. The van der Waals surface area contributed by atoms with Crippen molar-refractivity contribution in [1.29, 1.82) is 0 Å². The third-order valence-corrected chi connectivity index (χ3v) is 3.89. The Hall–Kier alpha value is -0.610. The van der Waals surface area contributed by atoms with Crippen molar-refractivity contribution in [3.05, 3.63) is 0 Å². The number of rotatable bonds is 3. The van der Waals surface area contributed by atoms with E-state index in [-0.39, 0.29) is 12.0 Å². The van der Waals surface area contributed by atoms with Gasteiger partial charge in [-0.1, -0.05) is 6.42 Å². The molecule has 0 amide bonds. The smallest absolute Gasteiger partial charge is 0.324 e. The molecule has 1 aliphatic carbocycles. The highest BCUT2D eigenvalue weighted by molar-refractivity contribution is 5.76. The highest BCUT2D eigenvalue weighted by Gasteiger charge is 2.40. The predicted molar refractivity (Wildman–Crippen MR) is 57.3 cm³/mol. The van der Waals surface area contributed by atoms with Crippen molar-refractivity contribution < 1.29 is 9.53 Å². The Morgan fingerprint density at radius 2 is 2.07 bits per heavy atom. The van der Waals surface area contributed by atoms with Crippen LogP contribution in [-0.4, -0.2) is 43.7 Å². The third-order valence-electron chi connectivity index (χ3n) is 3.89. The van der Waals surface area contributed by atoms with Gasteiger partial charge in [0.2, 0.25) is 0 Å². The van der Waals surface area contributed by atoms with Crippen molar-refractivity contribution in [3.63, 3.8) is 0 Å². The van der Waals surface area contributed by atoms with Crippen molar-refractivity contribution in [1.82, 2.24) is 4.90 Å². The lowest BCUT2D eigenvalue weighted by Crippen LogP contribution is -2.45. The van der Waals surface area contributed by atoms with E-state index < -0.39 is 0 Å². The van der Waals surface area contributed by atoms with E-state index in [1.165, 1.54) is 26.4 Å². The van der Waals surface area contributed by atoms with E-state index in [1.54, 1.807) is 0 Å². The summed E-state index contributed by atoms with van der Waals surface area (Å²) in [5.74, 6) is 1.41. The molecule has 0 aromatic rings. The summed E-state index contributed by atoms with van der Waals surface area (Å²) < 4.78 is 4.78. The Morgan fingerprint density at radius 3 is 2.53 bits per heavy atom. The molecule has 1 saturated heterocycles. The number of likely N-dealkylation sites (tertiary alicyclic amines) is 1. The molecule has 2 rings (SSSR count). The van der Waals surface area contributed by atoms with Gasteiger partial charge >= 0.3 is 5.97 Å². The van der Waals surface area contributed by atoms with E-state index >= 15 is 0 Å². The van der Waals surface area contributed by atoms with Crippen LogP contribution in [0.1, 0.15) is 19.3 Å². The molecule has 15 heavy (non-hydrogen) atoms. The van der Waals surface area contributed by atoms with Crippen LogP contribution >= 0.6 is 0 Å². The number of carbonyl (C=O) groups excluding carboxylic acids is 1. The van der Waals surface area contributed by atoms with Crippen LogP contribution in [0.25, 0.3) is 0 Å². The second-order valence-electron chi connectivity index (χ2n) is 4.68. The Balaban J connectivity index is 1.96. The van der Waals surface area contributed by atoms with Crippen LogP contribution in [-0.2, 0) is 9.53 Å². The number of hydrogen-bond donors (Lipinski definition) is 1. The van der Waals surface area contributed by atoms with Crippen LogP contribution < -0.4 is 5.73 Å². The molecule has 86 valence electrons. The van der Waals surface area contributed by atoms with Gasteiger partial charge in [-0.2, -0.15) is 0 Å². The molecule has 2 aliphatic rings. The van der Waals surface area contributed by atoms with E-state index in [2.05, 4.69) is 4.90 Å². The molecule has 4 heteroatoms. The fraction of sp³-hybridized carbons (Fsp3) is 0.909. The third kappa shape index (κ3) is 2.01. The Morgan fingerprint density at radius 1 is 1.47 bits per heavy atom. The molecule has 0 radical (unpaired) electrons. The first kappa shape index (κ1) is 10.9. The molecular weight excluding hydrogens is 192 g/mol. The number of ether oxygens (including phenoxy) is 1. The number of esters is 1. The lowest BCUT2D eigenvalue weighted by Gasteiger charge is -2.24. The number of hydrogen-bond acceptors (Lipinski definition) is 4. The SMILES string of the molecule is COC(=O)C(CN)N1CC2CCCC2C1.